The van der Waals surface area contributed by atoms with Crippen molar-refractivity contribution in [3.05, 3.63) is 34.8 Å². The van der Waals surface area contributed by atoms with Gasteiger partial charge in [0.2, 0.25) is 11.9 Å². The van der Waals surface area contributed by atoms with Crippen molar-refractivity contribution in [1.82, 2.24) is 25.3 Å². The van der Waals surface area contributed by atoms with Gasteiger partial charge in [-0.05, 0) is 51.7 Å². The summed E-state index contributed by atoms with van der Waals surface area (Å²) in [6.07, 6.45) is 6.27. The first-order valence-electron chi connectivity index (χ1n) is 15.1. The lowest BCUT2D eigenvalue weighted by molar-refractivity contribution is -0.133. The molecule has 0 aliphatic carbocycles. The van der Waals surface area contributed by atoms with Crippen LogP contribution in [0.15, 0.2) is 39.7 Å². The highest BCUT2D eigenvalue weighted by Crippen LogP contribution is 2.34. The Bertz CT molecular complexity index is 1240. The van der Waals surface area contributed by atoms with Crippen molar-refractivity contribution in [1.29, 1.82) is 10.8 Å². The van der Waals surface area contributed by atoms with Gasteiger partial charge in [0.05, 0.1) is 30.1 Å². The number of hydrogen-bond acceptors (Lipinski definition) is 9. The van der Waals surface area contributed by atoms with Crippen LogP contribution in [0.1, 0.15) is 40.0 Å². The number of amidine groups is 1. The molecule has 3 rings (SSSR count). The van der Waals surface area contributed by atoms with Gasteiger partial charge in [0.1, 0.15) is 17.2 Å². The summed E-state index contributed by atoms with van der Waals surface area (Å²) < 4.78 is 5.68. The second-order valence-electron chi connectivity index (χ2n) is 11.5. The van der Waals surface area contributed by atoms with Crippen LogP contribution in [-0.2, 0) is 14.3 Å². The molecule has 0 aromatic heterocycles. The maximum atomic E-state index is 12.6. The Labute approximate surface area is 268 Å². The predicted octanol–water partition coefficient (Wildman–Crippen LogP) is 0.778. The van der Waals surface area contributed by atoms with E-state index in [1.54, 1.807) is 41.6 Å². The van der Waals surface area contributed by atoms with E-state index in [0.29, 0.717) is 49.7 Å². The van der Waals surface area contributed by atoms with E-state index in [-0.39, 0.29) is 58.4 Å². The number of carboxylic acid groups (broad SMARTS) is 1. The molecule has 3 atom stereocenters. The third-order valence-electron chi connectivity index (χ3n) is 8.04. The lowest BCUT2D eigenvalue weighted by atomic mass is 9.91. The SMILES string of the molecule is CC(=CC(=N)N1CC(C(=O)NC[C@H]2CCCCO2)C1)C1=C(O)C(C(=O)O)=CN(C(C)SCCNCN(C)C(=N)N=C(N)N)C1C. The highest BCUT2D eigenvalue weighted by Gasteiger charge is 2.36. The first kappa shape index (κ1) is 35.7. The number of nitrogens with one attached hydrogen (secondary N) is 4. The standard InChI is InChI=1S/C29H48N10O5S/c1-17(11-23(30)38-13-20(14-38)26(41)35-12-21-7-5-6-9-44-21)24-18(2)39(15-22(25(24)40)27(42)43)19(3)45-10-8-34-16-37(4)29(33)36-28(31)32/h11,15,18-21,30,34,40H,5-10,12-14,16H2,1-4H3,(H,35,41)(H,42,43)(H5,31,32,33,36)/t18?,19?,21-/m1/s1. The highest BCUT2D eigenvalue weighted by atomic mass is 32.2. The van der Waals surface area contributed by atoms with Gasteiger partial charge in [-0.3, -0.25) is 20.9 Å². The van der Waals surface area contributed by atoms with Crippen LogP contribution in [0.3, 0.4) is 0 Å². The number of aliphatic imine (C=N–C) groups is 1. The summed E-state index contributed by atoms with van der Waals surface area (Å²) in [7, 11) is 1.69. The summed E-state index contributed by atoms with van der Waals surface area (Å²) in [5.74, 6) is -1.17. The third kappa shape index (κ3) is 9.86. The van der Waals surface area contributed by atoms with Crippen molar-refractivity contribution in [3.63, 3.8) is 0 Å². The fourth-order valence-corrected chi connectivity index (χ4v) is 6.38. The normalized spacial score (nSPS) is 21.4. The number of aliphatic carboxylic acids is 1. The fourth-order valence-electron chi connectivity index (χ4n) is 5.37. The first-order chi connectivity index (χ1) is 21.3. The maximum Gasteiger partial charge on any atom is 0.340 e. The molecule has 2 unspecified atom stereocenters. The molecule has 0 saturated carbocycles. The van der Waals surface area contributed by atoms with E-state index in [2.05, 4.69) is 15.6 Å². The number of nitrogens with zero attached hydrogens (tertiary/aromatic N) is 4. The summed E-state index contributed by atoms with van der Waals surface area (Å²) in [5.41, 5.74) is 11.4. The zero-order chi connectivity index (χ0) is 33.3. The Balaban J connectivity index is 1.55. The van der Waals surface area contributed by atoms with Crippen LogP contribution in [0.2, 0.25) is 0 Å². The Morgan fingerprint density at radius 3 is 2.64 bits per heavy atom. The number of hydrogen-bond donors (Lipinski definition) is 8. The number of thioether (sulfide) groups is 1. The number of amides is 1. The minimum absolute atomic E-state index is 0.0406. The molecule has 250 valence electrons. The summed E-state index contributed by atoms with van der Waals surface area (Å²) in [6, 6.07) is -0.365. The predicted molar refractivity (Wildman–Crippen MR) is 176 cm³/mol. The Kier molecular flexibility index (Phi) is 13.1. The van der Waals surface area contributed by atoms with Gasteiger partial charge >= 0.3 is 5.97 Å². The van der Waals surface area contributed by atoms with E-state index in [1.807, 2.05) is 18.7 Å². The minimum atomic E-state index is -1.25. The second-order valence-corrected chi connectivity index (χ2v) is 12.9. The van der Waals surface area contributed by atoms with Crippen LogP contribution in [0, 0.1) is 16.7 Å². The van der Waals surface area contributed by atoms with Crippen LogP contribution < -0.4 is 22.1 Å². The average molecular weight is 649 g/mol. The van der Waals surface area contributed by atoms with Crippen LogP contribution in [-0.4, -0.2) is 124 Å². The first-order valence-corrected chi connectivity index (χ1v) is 16.1. The van der Waals surface area contributed by atoms with Gasteiger partial charge in [-0.15, -0.1) is 11.8 Å². The molecule has 2 saturated heterocycles. The monoisotopic (exact) mass is 648 g/mol. The molecule has 2 fully saturated rings. The van der Waals surface area contributed by atoms with Crippen molar-refractivity contribution >= 4 is 41.4 Å². The molecule has 3 heterocycles. The quantitative estimate of drug-likeness (QED) is 0.0600. The third-order valence-corrected chi connectivity index (χ3v) is 9.20. The van der Waals surface area contributed by atoms with Crippen LogP contribution in [0.4, 0.5) is 0 Å². The van der Waals surface area contributed by atoms with E-state index in [1.165, 1.54) is 6.20 Å². The van der Waals surface area contributed by atoms with Gasteiger partial charge in [-0.1, -0.05) is 0 Å². The average Bonchev–Trinajstić information content (AvgIpc) is 2.94. The summed E-state index contributed by atoms with van der Waals surface area (Å²) in [5, 5.41) is 43.3. The van der Waals surface area contributed by atoms with E-state index in [0.717, 1.165) is 25.9 Å². The summed E-state index contributed by atoms with van der Waals surface area (Å²) in [4.78, 5) is 33.6. The minimum Gasteiger partial charge on any atom is -0.507 e. The van der Waals surface area contributed by atoms with E-state index in [4.69, 9.17) is 27.0 Å². The molecule has 15 nitrogen and oxygen atoms in total. The highest BCUT2D eigenvalue weighted by molar-refractivity contribution is 7.99. The second kappa shape index (κ2) is 16.5. The topological polar surface area (TPSA) is 230 Å². The molecule has 45 heavy (non-hydrogen) atoms. The number of aliphatic hydroxyl groups excluding tert-OH is 1. The largest absolute Gasteiger partial charge is 0.507 e. The number of nitrogens with two attached hydrogens (primary N) is 2. The molecule has 16 heteroatoms. The lowest BCUT2D eigenvalue weighted by Gasteiger charge is -2.40. The van der Waals surface area contributed by atoms with Crippen molar-refractivity contribution in [2.45, 2.75) is 57.6 Å². The molecule has 3 aliphatic heterocycles. The van der Waals surface area contributed by atoms with Crippen molar-refractivity contribution in [2.24, 2.45) is 22.4 Å². The molecule has 0 spiro atoms. The van der Waals surface area contributed by atoms with E-state index < -0.39 is 5.97 Å². The maximum absolute atomic E-state index is 12.6. The number of rotatable bonds is 13. The van der Waals surface area contributed by atoms with Gasteiger partial charge in [-0.25, -0.2) is 4.79 Å². The van der Waals surface area contributed by atoms with Gasteiger partial charge in [0, 0.05) is 57.4 Å². The van der Waals surface area contributed by atoms with Crippen LogP contribution in [0.5, 0.6) is 0 Å². The van der Waals surface area contributed by atoms with Crippen molar-refractivity contribution in [2.75, 3.05) is 52.3 Å². The number of carbonyl (C=O) groups is 2. The molecule has 10 N–H and O–H groups in total. The number of ether oxygens (including phenoxy) is 1. The smallest absolute Gasteiger partial charge is 0.340 e. The summed E-state index contributed by atoms with van der Waals surface area (Å²) in [6.45, 7) is 8.65. The number of likely N-dealkylation sites (tertiary alicyclic amines) is 1. The Morgan fingerprint density at radius 1 is 1.31 bits per heavy atom. The van der Waals surface area contributed by atoms with Gasteiger partial charge < -0.3 is 46.4 Å². The summed E-state index contributed by atoms with van der Waals surface area (Å²) >= 11 is 1.60. The molecule has 0 aromatic rings. The zero-order valence-corrected chi connectivity index (χ0v) is 27.3. The van der Waals surface area contributed by atoms with Gasteiger partial charge in [0.15, 0.2) is 5.96 Å². The fraction of sp³-hybridized carbons (Fsp3) is 0.621. The molecule has 0 bridgehead atoms. The molecule has 3 aliphatic rings. The van der Waals surface area contributed by atoms with Gasteiger partial charge in [-0.2, -0.15) is 4.99 Å². The van der Waals surface area contributed by atoms with Crippen molar-refractivity contribution < 1.29 is 24.5 Å². The number of guanidine groups is 2. The molecular weight excluding hydrogens is 600 g/mol. The molecule has 0 aromatic carbocycles. The van der Waals surface area contributed by atoms with E-state index >= 15 is 0 Å². The van der Waals surface area contributed by atoms with E-state index in [9.17, 15) is 19.8 Å². The van der Waals surface area contributed by atoms with Crippen LogP contribution >= 0.6 is 11.8 Å². The van der Waals surface area contributed by atoms with Crippen molar-refractivity contribution in [3.8, 4) is 0 Å². The Hall–Kier alpha value is -3.76. The van der Waals surface area contributed by atoms with Crippen LogP contribution in [0.25, 0.3) is 0 Å². The zero-order valence-electron chi connectivity index (χ0n) is 26.5. The number of carbonyl (C=O) groups excluding carboxylic acids is 1. The molecule has 0 radical (unpaired) electrons. The lowest BCUT2D eigenvalue weighted by Crippen LogP contribution is -2.56. The molecular formula is C29H48N10O5S. The number of aliphatic hydroxyl groups is 1. The number of carboxylic acids is 1. The van der Waals surface area contributed by atoms with Gasteiger partial charge in [0.25, 0.3) is 0 Å². The molecule has 1 amide bonds. The Morgan fingerprint density at radius 2 is 2.02 bits per heavy atom.